The minimum atomic E-state index is -0.751. The van der Waals surface area contributed by atoms with Crippen LogP contribution in [0.25, 0.3) is 22.2 Å². The first-order valence-corrected chi connectivity index (χ1v) is 14.9. The Hall–Kier alpha value is -3.78. The summed E-state index contributed by atoms with van der Waals surface area (Å²) >= 11 is 0. The van der Waals surface area contributed by atoms with Crippen LogP contribution in [0.3, 0.4) is 0 Å². The highest BCUT2D eigenvalue weighted by Gasteiger charge is 2.51. The number of rotatable bonds is 12. The fourth-order valence-corrected chi connectivity index (χ4v) is 6.17. The first-order valence-electron chi connectivity index (χ1n) is 14.9. The zero-order valence-corrected chi connectivity index (χ0v) is 24.5. The number of benzene rings is 2. The normalized spacial score (nSPS) is 19.1. The van der Waals surface area contributed by atoms with Crippen LogP contribution in [0.15, 0.2) is 54.6 Å². The van der Waals surface area contributed by atoms with Crippen LogP contribution < -0.4 is 10.6 Å². The number of likely N-dealkylation sites (tertiary alicyclic amines) is 1. The van der Waals surface area contributed by atoms with Crippen LogP contribution in [0.2, 0.25) is 0 Å². The van der Waals surface area contributed by atoms with E-state index in [4.69, 9.17) is 0 Å². The van der Waals surface area contributed by atoms with Crippen LogP contribution in [-0.2, 0) is 20.8 Å². The van der Waals surface area contributed by atoms with E-state index in [9.17, 15) is 19.2 Å². The van der Waals surface area contributed by atoms with E-state index < -0.39 is 12.1 Å². The number of imide groups is 1. The molecule has 0 saturated carbocycles. The summed E-state index contributed by atoms with van der Waals surface area (Å²) in [5.41, 5.74) is 4.29. The monoisotopic (exact) mass is 559 g/mol. The number of aromatic amines is 1. The van der Waals surface area contributed by atoms with Crippen LogP contribution in [-0.4, -0.2) is 58.3 Å². The van der Waals surface area contributed by atoms with Crippen molar-refractivity contribution in [2.24, 2.45) is 0 Å². The summed E-state index contributed by atoms with van der Waals surface area (Å²) in [7, 11) is 0. The quantitative estimate of drug-likeness (QED) is 0.197. The highest BCUT2D eigenvalue weighted by Crippen LogP contribution is 2.31. The van der Waals surface area contributed by atoms with Crippen molar-refractivity contribution in [1.29, 1.82) is 0 Å². The zero-order chi connectivity index (χ0) is 29.4. The first-order chi connectivity index (χ1) is 19.7. The minimum Gasteiger partial charge on any atom is -0.354 e. The van der Waals surface area contributed by atoms with Crippen molar-refractivity contribution in [2.75, 3.05) is 13.1 Å². The summed E-state index contributed by atoms with van der Waals surface area (Å²) in [6.07, 6.45) is 5.41. The molecule has 1 aliphatic heterocycles. The number of carbonyl (C=O) groups is 4. The number of unbranched alkanes of at least 4 members (excludes halogenated alkanes) is 2. The molecular weight excluding hydrogens is 516 g/mol. The van der Waals surface area contributed by atoms with Crippen molar-refractivity contribution >= 4 is 34.5 Å². The number of amides is 4. The second-order valence-corrected chi connectivity index (χ2v) is 11.3. The molecule has 41 heavy (non-hydrogen) atoms. The molecule has 218 valence electrons. The van der Waals surface area contributed by atoms with Gasteiger partial charge in [0.05, 0.1) is 13.5 Å². The van der Waals surface area contributed by atoms with Crippen molar-refractivity contribution in [2.45, 2.75) is 84.2 Å². The summed E-state index contributed by atoms with van der Waals surface area (Å²) in [5, 5.41) is 7.13. The molecule has 8 heteroatoms. The number of carbonyl (C=O) groups excluding carboxylic acids is 4. The van der Waals surface area contributed by atoms with Crippen molar-refractivity contribution in [3.05, 3.63) is 60.2 Å². The van der Waals surface area contributed by atoms with Gasteiger partial charge in [-0.05, 0) is 50.3 Å². The maximum absolute atomic E-state index is 13.5. The molecule has 3 N–H and O–H groups in total. The molecule has 8 nitrogen and oxygen atoms in total. The third-order valence-electron chi connectivity index (χ3n) is 8.50. The molecule has 4 rings (SSSR count). The summed E-state index contributed by atoms with van der Waals surface area (Å²) < 4.78 is -0.260. The van der Waals surface area contributed by atoms with Crippen LogP contribution in [0, 0.1) is 0 Å². The van der Waals surface area contributed by atoms with E-state index in [-0.39, 0.29) is 28.1 Å². The van der Waals surface area contributed by atoms with Crippen LogP contribution in [0.1, 0.15) is 71.3 Å². The average molecular weight is 560 g/mol. The number of aromatic nitrogens is 1. The number of quaternary nitrogens is 1. The lowest BCUT2D eigenvalue weighted by Crippen LogP contribution is -2.64. The molecule has 1 saturated heterocycles. The van der Waals surface area contributed by atoms with Crippen molar-refractivity contribution < 1.29 is 23.7 Å². The Kier molecular flexibility index (Phi) is 10.1. The number of para-hydroxylation sites is 1. The highest BCUT2D eigenvalue weighted by atomic mass is 16.2. The van der Waals surface area contributed by atoms with Crippen molar-refractivity contribution in [3.8, 4) is 11.3 Å². The van der Waals surface area contributed by atoms with E-state index in [1.165, 1.54) is 6.92 Å². The molecule has 2 aromatic carbocycles. The van der Waals surface area contributed by atoms with E-state index in [0.29, 0.717) is 38.8 Å². The van der Waals surface area contributed by atoms with Gasteiger partial charge in [-0.2, -0.15) is 4.48 Å². The van der Waals surface area contributed by atoms with Gasteiger partial charge >= 0.3 is 11.9 Å². The smallest absolute Gasteiger partial charge is 0.354 e. The number of hydrogen-bond acceptors (Lipinski definition) is 4. The van der Waals surface area contributed by atoms with Crippen LogP contribution >= 0.6 is 0 Å². The fraction of sp³-hybridized carbons (Fsp3) is 0.455. The van der Waals surface area contributed by atoms with Gasteiger partial charge in [0.2, 0.25) is 5.91 Å². The predicted octanol–water partition coefficient (Wildman–Crippen LogP) is 5.66. The topological polar surface area (TPSA) is 108 Å². The van der Waals surface area contributed by atoms with Gasteiger partial charge in [-0.1, -0.05) is 61.4 Å². The van der Waals surface area contributed by atoms with Gasteiger partial charge in [0, 0.05) is 42.4 Å². The fourth-order valence-electron chi connectivity index (χ4n) is 6.17. The van der Waals surface area contributed by atoms with Crippen molar-refractivity contribution in [3.63, 3.8) is 0 Å². The molecule has 3 aromatic rings. The number of ketones is 1. The van der Waals surface area contributed by atoms with E-state index in [2.05, 4.69) is 39.9 Å². The van der Waals surface area contributed by atoms with Gasteiger partial charge in [-0.15, -0.1) is 0 Å². The third kappa shape index (κ3) is 6.93. The Morgan fingerprint density at radius 2 is 1.71 bits per heavy atom. The van der Waals surface area contributed by atoms with Gasteiger partial charge in [0.15, 0.2) is 0 Å². The molecule has 4 amide bonds. The van der Waals surface area contributed by atoms with Gasteiger partial charge in [0.1, 0.15) is 17.9 Å². The Morgan fingerprint density at radius 3 is 2.39 bits per heavy atom. The number of fused-ring (bicyclic) bond motifs is 1. The second kappa shape index (κ2) is 13.7. The summed E-state index contributed by atoms with van der Waals surface area (Å²) in [6, 6.07) is 17.0. The molecule has 0 radical (unpaired) electrons. The number of nitrogens with zero attached hydrogens (tertiary/aromatic N) is 1. The minimum absolute atomic E-state index is 0.120. The molecule has 1 aliphatic rings. The lowest BCUT2D eigenvalue weighted by Gasteiger charge is -2.33. The summed E-state index contributed by atoms with van der Waals surface area (Å²) in [4.78, 5) is 54.6. The van der Waals surface area contributed by atoms with Gasteiger partial charge in [-0.3, -0.25) is 10.1 Å². The summed E-state index contributed by atoms with van der Waals surface area (Å²) in [6.45, 7) is 5.83. The number of nitrogens with one attached hydrogen (secondary N) is 3. The van der Waals surface area contributed by atoms with E-state index in [1.807, 2.05) is 37.3 Å². The Balaban J connectivity index is 1.47. The lowest BCUT2D eigenvalue weighted by molar-refractivity contribution is -0.784. The summed E-state index contributed by atoms with van der Waals surface area (Å²) in [5.74, 6) is -0.295. The molecule has 1 unspecified atom stereocenters. The van der Waals surface area contributed by atoms with Crippen LogP contribution in [0.5, 0.6) is 0 Å². The van der Waals surface area contributed by atoms with Crippen LogP contribution in [0.4, 0.5) is 4.79 Å². The molecule has 2 heterocycles. The van der Waals surface area contributed by atoms with E-state index in [1.54, 1.807) is 6.92 Å². The standard InChI is InChI=1S/C33H42N4O4/c1-23-13-12-22-37(23,25(3)39)33(41)36-30(19-9-4-6-14-24(2)38)32(40)34-21-20-28-27-17-10-11-18-29(27)35-31(28)26-15-7-5-8-16-26/h5,7-8,10-11,15-18,23,30,35H,4,6,9,12-14,19-22H2,1-3H3,(H-,34,36,40,41)/p+1/t23-,30+,37?/m1/s1. The Bertz CT molecular complexity index is 1380. The second-order valence-electron chi connectivity index (χ2n) is 11.3. The van der Waals surface area contributed by atoms with E-state index >= 15 is 0 Å². The van der Waals surface area contributed by atoms with Crippen molar-refractivity contribution in [1.82, 2.24) is 15.6 Å². The number of urea groups is 1. The average Bonchev–Trinajstić information content (AvgIpc) is 3.53. The Labute approximate surface area is 242 Å². The lowest BCUT2D eigenvalue weighted by atomic mass is 10.0. The highest BCUT2D eigenvalue weighted by molar-refractivity contribution is 5.91. The molecule has 0 spiro atoms. The first kappa shape index (κ1) is 30.2. The molecule has 0 aliphatic carbocycles. The van der Waals surface area contributed by atoms with E-state index in [0.717, 1.165) is 53.4 Å². The van der Waals surface area contributed by atoms with Gasteiger partial charge in [0.25, 0.3) is 0 Å². The predicted molar refractivity (Wildman–Crippen MR) is 161 cm³/mol. The molecule has 0 bridgehead atoms. The maximum Gasteiger partial charge on any atom is 0.424 e. The van der Waals surface area contributed by atoms with Gasteiger partial charge in [-0.25, -0.2) is 9.59 Å². The number of Topliss-reactive ketones (excluding diaryl/α,β-unsaturated/α-hetero) is 1. The number of H-pyrrole nitrogens is 1. The third-order valence-corrected chi connectivity index (χ3v) is 8.50. The number of hydrogen-bond donors (Lipinski definition) is 3. The molecular formula is C33H43N4O4+. The zero-order valence-electron chi connectivity index (χ0n) is 24.5. The Morgan fingerprint density at radius 1 is 0.976 bits per heavy atom. The maximum atomic E-state index is 13.5. The SMILES string of the molecule is CC(=O)CCCCC[C@H](NC(=O)[N+]1(C(C)=O)CCC[C@H]1C)C(=O)NCCc1c(-c2ccccc2)[nH]c2ccccc12. The molecule has 3 atom stereocenters. The largest absolute Gasteiger partial charge is 0.424 e. The molecule has 1 fully saturated rings. The molecule has 1 aromatic heterocycles. The van der Waals surface area contributed by atoms with Gasteiger partial charge < -0.3 is 15.1 Å².